The van der Waals surface area contributed by atoms with Crippen LogP contribution in [0.5, 0.6) is 0 Å². The molecule has 3 N–H and O–H groups in total. The minimum absolute atomic E-state index is 0.0749. The molecule has 35 heavy (non-hydrogen) atoms. The van der Waals surface area contributed by atoms with Crippen molar-refractivity contribution in [2.45, 2.75) is 58.7 Å². The van der Waals surface area contributed by atoms with E-state index < -0.39 is 0 Å². The fraction of sp³-hybridized carbons (Fsp3) is 0.407. The summed E-state index contributed by atoms with van der Waals surface area (Å²) in [6.45, 7) is 15.1. The molecular formula is C27H32N8. The van der Waals surface area contributed by atoms with Crippen LogP contribution in [0, 0.1) is 25.2 Å². The van der Waals surface area contributed by atoms with Crippen LogP contribution in [0.25, 0.3) is 11.4 Å². The van der Waals surface area contributed by atoms with Gasteiger partial charge in [-0.3, -0.25) is 4.90 Å². The number of nitrogens with two attached hydrogens (primary N) is 1. The maximum atomic E-state index is 9.17. The molecule has 1 aliphatic carbocycles. The first-order valence-corrected chi connectivity index (χ1v) is 12.0. The lowest BCUT2D eigenvalue weighted by Crippen LogP contribution is -2.58. The first-order valence-electron chi connectivity index (χ1n) is 12.0. The number of fused-ring (bicyclic) bond motifs is 1. The summed E-state index contributed by atoms with van der Waals surface area (Å²) in [5, 5.41) is 22.1. The SMILES string of the molecule is C=C1CCc2c1ccc(C1CN(Cc3nn(-c4cc(C)c(C#N)cn4)nc3N)CC(C)(C)N1)c2C. The molecule has 8 heteroatoms. The van der Waals surface area contributed by atoms with Crippen molar-refractivity contribution in [2.75, 3.05) is 18.8 Å². The predicted molar refractivity (Wildman–Crippen MR) is 137 cm³/mol. The predicted octanol–water partition coefficient (Wildman–Crippen LogP) is 3.62. The second-order valence-corrected chi connectivity index (χ2v) is 10.5. The molecule has 0 spiro atoms. The van der Waals surface area contributed by atoms with Gasteiger partial charge in [0, 0.05) is 37.4 Å². The molecule has 0 amide bonds. The number of rotatable bonds is 4. The Morgan fingerprint density at radius 2 is 2.06 bits per heavy atom. The van der Waals surface area contributed by atoms with Crippen molar-refractivity contribution in [1.82, 2.24) is 30.2 Å². The molecule has 2 aromatic heterocycles. The summed E-state index contributed by atoms with van der Waals surface area (Å²) < 4.78 is 0. The number of aromatic nitrogens is 4. The molecule has 1 aromatic carbocycles. The van der Waals surface area contributed by atoms with E-state index in [1.54, 1.807) is 12.3 Å². The van der Waals surface area contributed by atoms with Crippen molar-refractivity contribution >= 4 is 11.4 Å². The summed E-state index contributed by atoms with van der Waals surface area (Å²) in [6, 6.07) is 8.66. The number of nitrogens with one attached hydrogen (secondary N) is 1. The summed E-state index contributed by atoms with van der Waals surface area (Å²) >= 11 is 0. The van der Waals surface area contributed by atoms with E-state index in [1.807, 2.05) is 6.92 Å². The van der Waals surface area contributed by atoms with Gasteiger partial charge >= 0.3 is 0 Å². The van der Waals surface area contributed by atoms with Gasteiger partial charge in [-0.2, -0.15) is 5.26 Å². The molecule has 1 aliphatic heterocycles. The summed E-state index contributed by atoms with van der Waals surface area (Å²) in [5.41, 5.74) is 15.0. The van der Waals surface area contributed by atoms with E-state index in [0.717, 1.165) is 37.2 Å². The summed E-state index contributed by atoms with van der Waals surface area (Å²) in [6.07, 6.45) is 3.68. The summed E-state index contributed by atoms with van der Waals surface area (Å²) in [7, 11) is 0. The zero-order valence-corrected chi connectivity index (χ0v) is 20.9. The van der Waals surface area contributed by atoms with Gasteiger partial charge in [-0.1, -0.05) is 18.7 Å². The number of allylic oxidation sites excluding steroid dienone is 1. The lowest BCUT2D eigenvalue weighted by atomic mass is 9.89. The van der Waals surface area contributed by atoms with Gasteiger partial charge in [-0.15, -0.1) is 15.0 Å². The second-order valence-electron chi connectivity index (χ2n) is 10.5. The van der Waals surface area contributed by atoms with Crippen LogP contribution in [0.15, 0.2) is 31.0 Å². The number of hydrogen-bond donors (Lipinski definition) is 2. The zero-order chi connectivity index (χ0) is 24.9. The van der Waals surface area contributed by atoms with E-state index in [0.29, 0.717) is 23.7 Å². The average molecular weight is 469 g/mol. The Hall–Kier alpha value is -3.54. The first kappa shape index (κ1) is 23.2. The maximum Gasteiger partial charge on any atom is 0.174 e. The largest absolute Gasteiger partial charge is 0.381 e. The maximum absolute atomic E-state index is 9.17. The van der Waals surface area contributed by atoms with Crippen LogP contribution in [0.4, 0.5) is 5.82 Å². The molecule has 0 radical (unpaired) electrons. The number of anilines is 1. The fourth-order valence-electron chi connectivity index (χ4n) is 5.50. The number of nitriles is 1. The van der Waals surface area contributed by atoms with Crippen molar-refractivity contribution in [2.24, 2.45) is 0 Å². The highest BCUT2D eigenvalue weighted by atomic mass is 15.5. The molecule has 8 nitrogen and oxygen atoms in total. The highest BCUT2D eigenvalue weighted by Crippen LogP contribution is 2.37. The number of piperazine rings is 1. The molecule has 1 saturated heterocycles. The van der Waals surface area contributed by atoms with Gasteiger partial charge in [-0.05, 0) is 80.0 Å². The Bertz CT molecular complexity index is 1360. The Labute approximate surface area is 206 Å². The van der Waals surface area contributed by atoms with Crippen molar-refractivity contribution in [3.05, 3.63) is 70.0 Å². The molecule has 5 rings (SSSR count). The molecule has 3 heterocycles. The Kier molecular flexibility index (Phi) is 5.70. The fourth-order valence-corrected chi connectivity index (χ4v) is 5.50. The number of benzene rings is 1. The van der Waals surface area contributed by atoms with Crippen LogP contribution in [0.1, 0.15) is 65.4 Å². The summed E-state index contributed by atoms with van der Waals surface area (Å²) in [5.74, 6) is 0.947. The van der Waals surface area contributed by atoms with Crippen LogP contribution in [0.3, 0.4) is 0 Å². The minimum atomic E-state index is -0.0749. The van der Waals surface area contributed by atoms with Crippen LogP contribution in [-0.2, 0) is 13.0 Å². The third kappa shape index (κ3) is 4.33. The smallest absolute Gasteiger partial charge is 0.174 e. The number of nitrogens with zero attached hydrogens (tertiary/aromatic N) is 6. The van der Waals surface area contributed by atoms with Gasteiger partial charge in [0.05, 0.1) is 5.56 Å². The highest BCUT2D eigenvalue weighted by Gasteiger charge is 2.34. The molecule has 3 aromatic rings. The molecule has 1 fully saturated rings. The van der Waals surface area contributed by atoms with Gasteiger partial charge in [0.1, 0.15) is 11.8 Å². The zero-order valence-electron chi connectivity index (χ0n) is 20.9. The molecule has 2 aliphatic rings. The molecule has 1 atom stereocenters. The Morgan fingerprint density at radius 1 is 1.26 bits per heavy atom. The first-order chi connectivity index (χ1) is 16.6. The Balaban J connectivity index is 1.39. The number of aryl methyl sites for hydroxylation is 1. The monoisotopic (exact) mass is 468 g/mol. The summed E-state index contributed by atoms with van der Waals surface area (Å²) in [4.78, 5) is 8.19. The minimum Gasteiger partial charge on any atom is -0.381 e. The standard InChI is InChI=1S/C27H32N8/c1-16-6-7-21-18(3)22(9-8-20(16)21)23-13-34(15-27(4,5)31-23)14-24-26(29)33-35(32-24)25-10-17(2)19(11-28)12-30-25/h8-10,12,23,31H,1,6-7,13-15H2,2-5H3,(H2,29,33). The van der Waals surface area contributed by atoms with E-state index in [4.69, 9.17) is 11.0 Å². The lowest BCUT2D eigenvalue weighted by Gasteiger charge is -2.44. The van der Waals surface area contributed by atoms with Gasteiger partial charge in [0.2, 0.25) is 0 Å². The molecule has 0 bridgehead atoms. The van der Waals surface area contributed by atoms with Crippen LogP contribution < -0.4 is 11.1 Å². The van der Waals surface area contributed by atoms with Gasteiger partial charge in [0.15, 0.2) is 11.6 Å². The van der Waals surface area contributed by atoms with Gasteiger partial charge in [-0.25, -0.2) is 4.98 Å². The second kappa shape index (κ2) is 8.59. The third-order valence-electron chi connectivity index (χ3n) is 7.21. The molecule has 1 unspecified atom stereocenters. The molecule has 0 saturated carbocycles. The van der Waals surface area contributed by atoms with Crippen molar-refractivity contribution in [3.63, 3.8) is 0 Å². The van der Waals surface area contributed by atoms with Crippen LogP contribution in [0.2, 0.25) is 0 Å². The average Bonchev–Trinajstić information content (AvgIpc) is 3.36. The van der Waals surface area contributed by atoms with Gasteiger partial charge < -0.3 is 11.1 Å². The van der Waals surface area contributed by atoms with Crippen molar-refractivity contribution < 1.29 is 0 Å². The quantitative estimate of drug-likeness (QED) is 0.602. The van der Waals surface area contributed by atoms with E-state index >= 15 is 0 Å². The van der Waals surface area contributed by atoms with Crippen molar-refractivity contribution in [3.8, 4) is 11.9 Å². The van der Waals surface area contributed by atoms with E-state index in [9.17, 15) is 0 Å². The number of nitrogen functional groups attached to an aromatic ring is 1. The Morgan fingerprint density at radius 3 is 2.80 bits per heavy atom. The highest BCUT2D eigenvalue weighted by molar-refractivity contribution is 5.72. The molecule has 180 valence electrons. The van der Waals surface area contributed by atoms with Crippen LogP contribution >= 0.6 is 0 Å². The van der Waals surface area contributed by atoms with Crippen LogP contribution in [-0.4, -0.2) is 43.5 Å². The topological polar surface area (TPSA) is 109 Å². The normalized spacial score (nSPS) is 19.5. The number of pyridine rings is 1. The van der Waals surface area contributed by atoms with Crippen molar-refractivity contribution in [1.29, 1.82) is 5.26 Å². The van der Waals surface area contributed by atoms with Gasteiger partial charge in [0.25, 0.3) is 0 Å². The number of hydrogen-bond acceptors (Lipinski definition) is 7. The van der Waals surface area contributed by atoms with E-state index in [-0.39, 0.29) is 11.6 Å². The third-order valence-corrected chi connectivity index (χ3v) is 7.21. The van der Waals surface area contributed by atoms with E-state index in [1.165, 1.54) is 32.6 Å². The van der Waals surface area contributed by atoms with E-state index in [2.05, 4.69) is 71.0 Å². The molecular weight excluding hydrogens is 436 g/mol. The lowest BCUT2D eigenvalue weighted by molar-refractivity contribution is 0.110.